The summed E-state index contributed by atoms with van der Waals surface area (Å²) < 4.78 is 3.28. The largest absolute Gasteiger partial charge is 0.351 e. The van der Waals surface area contributed by atoms with Crippen LogP contribution in [-0.4, -0.2) is 63.9 Å². The maximum atomic E-state index is 13.9. The van der Waals surface area contributed by atoms with Gasteiger partial charge in [-0.2, -0.15) is 0 Å². The number of aryl methyl sites for hydroxylation is 1. The van der Waals surface area contributed by atoms with Gasteiger partial charge in [0, 0.05) is 24.0 Å². The van der Waals surface area contributed by atoms with Gasteiger partial charge in [-0.15, -0.1) is 11.3 Å². The highest BCUT2D eigenvalue weighted by atomic mass is 32.1. The van der Waals surface area contributed by atoms with E-state index in [4.69, 9.17) is 0 Å². The summed E-state index contributed by atoms with van der Waals surface area (Å²) in [6.45, 7) is 10.6. The molecule has 2 aromatic heterocycles. The minimum Gasteiger partial charge on any atom is -0.351 e. The molecule has 1 saturated heterocycles. The first-order valence-corrected chi connectivity index (χ1v) is 14.7. The normalized spacial score (nSPS) is 28.2. The van der Waals surface area contributed by atoms with E-state index < -0.39 is 5.54 Å². The van der Waals surface area contributed by atoms with Crippen LogP contribution in [0.2, 0.25) is 0 Å². The molecule has 2 aromatic rings. The van der Waals surface area contributed by atoms with Crippen molar-refractivity contribution in [2.75, 3.05) is 26.2 Å². The Bertz CT molecular complexity index is 1060. The summed E-state index contributed by atoms with van der Waals surface area (Å²) in [6, 6.07) is 4.49. The van der Waals surface area contributed by atoms with Crippen LogP contribution in [0.4, 0.5) is 0 Å². The first-order chi connectivity index (χ1) is 16.9. The van der Waals surface area contributed by atoms with E-state index in [1.807, 2.05) is 11.8 Å². The van der Waals surface area contributed by atoms with Crippen molar-refractivity contribution in [1.82, 2.24) is 19.7 Å². The van der Waals surface area contributed by atoms with Crippen LogP contribution in [0.3, 0.4) is 0 Å². The molecular formula is C28H42N4O2S. The van der Waals surface area contributed by atoms with Gasteiger partial charge in [0.05, 0.1) is 16.8 Å². The molecule has 2 fully saturated rings. The average molecular weight is 499 g/mol. The molecule has 192 valence electrons. The minimum atomic E-state index is -0.890. The molecule has 6 nitrogen and oxygen atoms in total. The van der Waals surface area contributed by atoms with E-state index >= 15 is 0 Å². The molecular weight excluding hydrogens is 456 g/mol. The topological polar surface area (TPSA) is 57.6 Å². The first-order valence-electron chi connectivity index (χ1n) is 13.9. The van der Waals surface area contributed by atoms with Gasteiger partial charge in [0.2, 0.25) is 5.91 Å². The summed E-state index contributed by atoms with van der Waals surface area (Å²) in [6.07, 6.45) is 10.4. The third-order valence-corrected chi connectivity index (χ3v) is 9.91. The molecule has 1 aliphatic carbocycles. The molecule has 0 spiro atoms. The molecule has 0 bridgehead atoms. The van der Waals surface area contributed by atoms with E-state index in [2.05, 4.69) is 40.8 Å². The van der Waals surface area contributed by atoms with Crippen molar-refractivity contribution >= 4 is 33.4 Å². The predicted octanol–water partition coefficient (Wildman–Crippen LogP) is 5.05. The first kappa shape index (κ1) is 24.8. The van der Waals surface area contributed by atoms with Gasteiger partial charge in [-0.1, -0.05) is 26.7 Å². The molecule has 7 heteroatoms. The quantitative estimate of drug-likeness (QED) is 0.606. The number of aromatic nitrogens is 1. The SMILES string of the molecule is CCc1cc2c(cc3n2C[C@](C)(C(=O)NC2CCC(C)CC2)N(CCN2CCCCCC2)C3=O)s1. The molecule has 5 rings (SSSR count). The lowest BCUT2D eigenvalue weighted by Gasteiger charge is -2.45. The molecule has 2 aliphatic heterocycles. The fraction of sp³-hybridized carbons (Fsp3) is 0.714. The van der Waals surface area contributed by atoms with Crippen molar-refractivity contribution in [2.24, 2.45) is 5.92 Å². The Morgan fingerprint density at radius 3 is 2.49 bits per heavy atom. The van der Waals surface area contributed by atoms with E-state index in [1.54, 1.807) is 11.3 Å². The van der Waals surface area contributed by atoms with Gasteiger partial charge in [0.1, 0.15) is 11.2 Å². The number of carbonyl (C=O) groups excluding carboxylic acids is 2. The zero-order valence-electron chi connectivity index (χ0n) is 21.8. The molecule has 1 saturated carbocycles. The lowest BCUT2D eigenvalue weighted by atomic mass is 9.86. The van der Waals surface area contributed by atoms with Gasteiger partial charge >= 0.3 is 0 Å². The molecule has 0 aromatic carbocycles. The van der Waals surface area contributed by atoms with E-state index in [1.165, 1.54) is 30.6 Å². The van der Waals surface area contributed by atoms with Crippen LogP contribution in [0.15, 0.2) is 12.1 Å². The summed E-state index contributed by atoms with van der Waals surface area (Å²) in [5, 5.41) is 3.38. The Morgan fingerprint density at radius 2 is 1.80 bits per heavy atom. The second-order valence-electron chi connectivity index (χ2n) is 11.3. The number of carbonyl (C=O) groups is 2. The molecule has 4 heterocycles. The highest BCUT2D eigenvalue weighted by Gasteiger charge is 2.48. The van der Waals surface area contributed by atoms with Crippen LogP contribution >= 0.6 is 11.3 Å². The number of thiophene rings is 1. The fourth-order valence-corrected chi connectivity index (χ4v) is 7.30. The average Bonchev–Trinajstić information content (AvgIpc) is 3.28. The molecule has 0 unspecified atom stereocenters. The second kappa shape index (κ2) is 10.3. The van der Waals surface area contributed by atoms with Crippen LogP contribution in [0, 0.1) is 5.92 Å². The zero-order chi connectivity index (χ0) is 24.6. The fourth-order valence-electron chi connectivity index (χ4n) is 6.26. The number of nitrogens with one attached hydrogen (secondary N) is 1. The molecule has 0 radical (unpaired) electrons. The Balaban J connectivity index is 1.43. The van der Waals surface area contributed by atoms with Gasteiger partial charge in [0.25, 0.3) is 5.91 Å². The summed E-state index contributed by atoms with van der Waals surface area (Å²) in [5.41, 5.74) is 0.952. The highest BCUT2D eigenvalue weighted by molar-refractivity contribution is 7.19. The number of amides is 2. The monoisotopic (exact) mass is 498 g/mol. The van der Waals surface area contributed by atoms with E-state index in [0.717, 1.165) is 73.6 Å². The number of hydrogen-bond acceptors (Lipinski definition) is 4. The van der Waals surface area contributed by atoms with Gasteiger partial charge in [0.15, 0.2) is 0 Å². The lowest BCUT2D eigenvalue weighted by Crippen LogP contribution is -2.65. The number of rotatable bonds is 6. The van der Waals surface area contributed by atoms with Crippen molar-refractivity contribution in [3.8, 4) is 0 Å². The van der Waals surface area contributed by atoms with Crippen molar-refractivity contribution in [3.05, 3.63) is 22.7 Å². The number of nitrogens with zero attached hydrogens (tertiary/aromatic N) is 3. The van der Waals surface area contributed by atoms with Crippen molar-refractivity contribution in [1.29, 1.82) is 0 Å². The molecule has 3 aliphatic rings. The number of hydrogen-bond donors (Lipinski definition) is 1. The van der Waals surface area contributed by atoms with E-state index in [9.17, 15) is 9.59 Å². The van der Waals surface area contributed by atoms with Crippen molar-refractivity contribution < 1.29 is 9.59 Å². The van der Waals surface area contributed by atoms with Gasteiger partial charge < -0.3 is 19.7 Å². The standard InChI is InChI=1S/C28H42N4O2S/c1-4-22-17-23-25(35-22)18-24-26(33)32(16-15-30-13-7-5-6-8-14-30)28(3,19-31(23)24)27(34)29-21-11-9-20(2)10-12-21/h17-18,20-21H,4-16,19H2,1-3H3,(H,29,34)/t20?,21?,28-/m1/s1. The Morgan fingerprint density at radius 1 is 1.09 bits per heavy atom. The molecule has 2 amide bonds. The maximum absolute atomic E-state index is 13.9. The van der Waals surface area contributed by atoms with E-state index in [0.29, 0.717) is 13.1 Å². The predicted molar refractivity (Wildman–Crippen MR) is 143 cm³/mol. The van der Waals surface area contributed by atoms with Gasteiger partial charge in [-0.25, -0.2) is 0 Å². The summed E-state index contributed by atoms with van der Waals surface area (Å²) >= 11 is 1.77. The third-order valence-electron chi connectivity index (χ3n) is 8.69. The lowest BCUT2D eigenvalue weighted by molar-refractivity contribution is -0.134. The Hall–Kier alpha value is -1.86. The number of likely N-dealkylation sites (tertiary alicyclic amines) is 1. The Labute approximate surface area is 214 Å². The highest BCUT2D eigenvalue weighted by Crippen LogP contribution is 2.36. The maximum Gasteiger partial charge on any atom is 0.271 e. The van der Waals surface area contributed by atoms with Crippen molar-refractivity contribution in [2.45, 2.75) is 96.7 Å². The van der Waals surface area contributed by atoms with Crippen LogP contribution in [-0.2, 0) is 17.8 Å². The van der Waals surface area contributed by atoms with Gasteiger partial charge in [-0.3, -0.25) is 9.59 Å². The summed E-state index contributed by atoms with van der Waals surface area (Å²) in [5.74, 6) is 0.754. The van der Waals surface area contributed by atoms with Crippen LogP contribution in [0.1, 0.15) is 87.5 Å². The Kier molecular flexibility index (Phi) is 7.27. The summed E-state index contributed by atoms with van der Waals surface area (Å²) in [7, 11) is 0. The summed E-state index contributed by atoms with van der Waals surface area (Å²) in [4.78, 5) is 33.6. The van der Waals surface area contributed by atoms with Crippen LogP contribution < -0.4 is 5.32 Å². The number of fused-ring (bicyclic) bond motifs is 3. The smallest absolute Gasteiger partial charge is 0.271 e. The van der Waals surface area contributed by atoms with Crippen LogP contribution in [0.5, 0.6) is 0 Å². The minimum absolute atomic E-state index is 0.00226. The third kappa shape index (κ3) is 4.91. The zero-order valence-corrected chi connectivity index (χ0v) is 22.6. The molecule has 1 N–H and O–H groups in total. The second-order valence-corrected chi connectivity index (χ2v) is 12.5. The van der Waals surface area contributed by atoms with E-state index in [-0.39, 0.29) is 17.9 Å². The molecule has 1 atom stereocenters. The van der Waals surface area contributed by atoms with Crippen LogP contribution in [0.25, 0.3) is 10.2 Å². The molecule has 35 heavy (non-hydrogen) atoms. The van der Waals surface area contributed by atoms with Crippen molar-refractivity contribution in [3.63, 3.8) is 0 Å². The van der Waals surface area contributed by atoms with Gasteiger partial charge in [-0.05, 0) is 83.0 Å².